The molecule has 0 heterocycles. The van der Waals surface area contributed by atoms with Gasteiger partial charge in [-0.05, 0) is 64.0 Å². The molecule has 2 fully saturated rings. The Morgan fingerprint density at radius 2 is 1.47 bits per heavy atom. The third-order valence-electron chi connectivity index (χ3n) is 4.31. The van der Waals surface area contributed by atoms with Gasteiger partial charge in [-0.15, -0.1) is 0 Å². The molecule has 2 rings (SSSR count). The largest absolute Gasteiger partial charge is 0.306 e. The summed E-state index contributed by atoms with van der Waals surface area (Å²) in [5, 5.41) is 0. The highest BCUT2D eigenvalue weighted by Gasteiger charge is 2.44. The molecule has 0 aromatic heterocycles. The highest BCUT2D eigenvalue weighted by molar-refractivity contribution is 4.96. The Hall–Kier alpha value is -0.0400. The van der Waals surface area contributed by atoms with Gasteiger partial charge in [0.15, 0.2) is 0 Å². The van der Waals surface area contributed by atoms with E-state index in [0.29, 0.717) is 0 Å². The van der Waals surface area contributed by atoms with Gasteiger partial charge in [0.2, 0.25) is 0 Å². The van der Waals surface area contributed by atoms with Crippen LogP contribution in [0, 0.1) is 11.3 Å². The lowest BCUT2D eigenvalue weighted by molar-refractivity contribution is 0.00216. The van der Waals surface area contributed by atoms with Crippen LogP contribution in [-0.4, -0.2) is 25.0 Å². The Morgan fingerprint density at radius 3 is 1.80 bits per heavy atom. The first-order chi connectivity index (χ1) is 7.11. The molecular weight excluding hydrogens is 182 g/mol. The predicted molar refractivity (Wildman–Crippen MR) is 68.1 cm³/mol. The van der Waals surface area contributed by atoms with Gasteiger partial charge in [0.05, 0.1) is 0 Å². The SMILES string of the molecule is CC.CC1CC2(CCC(N(C)C)CC2)C1. The molecule has 0 radical (unpaired) electrons. The fourth-order valence-corrected chi connectivity index (χ4v) is 3.56. The molecule has 1 heteroatoms. The van der Waals surface area contributed by atoms with Crippen molar-refractivity contribution >= 4 is 0 Å². The number of hydrogen-bond acceptors (Lipinski definition) is 1. The van der Waals surface area contributed by atoms with Crippen molar-refractivity contribution in [1.82, 2.24) is 4.90 Å². The van der Waals surface area contributed by atoms with Crippen LogP contribution >= 0.6 is 0 Å². The smallest absolute Gasteiger partial charge is 0.00895 e. The summed E-state index contributed by atoms with van der Waals surface area (Å²) in [6.45, 7) is 6.41. The van der Waals surface area contributed by atoms with Gasteiger partial charge < -0.3 is 4.90 Å². The third-order valence-corrected chi connectivity index (χ3v) is 4.31. The van der Waals surface area contributed by atoms with Gasteiger partial charge in [-0.1, -0.05) is 20.8 Å². The summed E-state index contributed by atoms with van der Waals surface area (Å²) in [5.74, 6) is 1.02. The van der Waals surface area contributed by atoms with Gasteiger partial charge in [0, 0.05) is 6.04 Å². The molecule has 0 aromatic rings. The van der Waals surface area contributed by atoms with E-state index < -0.39 is 0 Å². The molecule has 2 aliphatic carbocycles. The minimum atomic E-state index is 0.811. The van der Waals surface area contributed by atoms with Crippen molar-refractivity contribution in [2.45, 2.75) is 65.3 Å². The minimum absolute atomic E-state index is 0.811. The molecule has 0 unspecified atom stereocenters. The van der Waals surface area contributed by atoms with Crippen LogP contribution < -0.4 is 0 Å². The molecule has 0 bridgehead atoms. The molecule has 0 atom stereocenters. The molecule has 1 spiro atoms. The van der Waals surface area contributed by atoms with Crippen molar-refractivity contribution in [3.8, 4) is 0 Å². The van der Waals surface area contributed by atoms with Crippen LogP contribution in [0.1, 0.15) is 59.3 Å². The van der Waals surface area contributed by atoms with Crippen LogP contribution in [0.5, 0.6) is 0 Å². The molecule has 15 heavy (non-hydrogen) atoms. The lowest BCUT2D eigenvalue weighted by Gasteiger charge is -2.51. The monoisotopic (exact) mass is 211 g/mol. The van der Waals surface area contributed by atoms with E-state index in [0.717, 1.165) is 17.4 Å². The van der Waals surface area contributed by atoms with Crippen LogP contribution in [-0.2, 0) is 0 Å². The van der Waals surface area contributed by atoms with E-state index in [2.05, 4.69) is 25.9 Å². The molecule has 1 nitrogen and oxygen atoms in total. The molecular formula is C14H29N. The van der Waals surface area contributed by atoms with Crippen molar-refractivity contribution in [1.29, 1.82) is 0 Å². The lowest BCUT2D eigenvalue weighted by atomic mass is 9.56. The average molecular weight is 211 g/mol. The number of nitrogens with zero attached hydrogens (tertiary/aromatic N) is 1. The summed E-state index contributed by atoms with van der Waals surface area (Å²) < 4.78 is 0. The summed E-state index contributed by atoms with van der Waals surface area (Å²) in [4.78, 5) is 2.41. The molecule has 0 saturated heterocycles. The van der Waals surface area contributed by atoms with Crippen molar-refractivity contribution in [2.75, 3.05) is 14.1 Å². The van der Waals surface area contributed by atoms with E-state index in [1.165, 1.54) is 38.5 Å². The zero-order valence-corrected chi connectivity index (χ0v) is 11.3. The van der Waals surface area contributed by atoms with Crippen LogP contribution in [0.4, 0.5) is 0 Å². The fourth-order valence-electron chi connectivity index (χ4n) is 3.56. The predicted octanol–water partition coefficient (Wildman–Crippen LogP) is 3.93. The molecule has 2 aliphatic rings. The van der Waals surface area contributed by atoms with Gasteiger partial charge >= 0.3 is 0 Å². The Kier molecular flexibility index (Phi) is 4.64. The van der Waals surface area contributed by atoms with E-state index in [-0.39, 0.29) is 0 Å². The first kappa shape index (κ1) is 13.0. The van der Waals surface area contributed by atoms with E-state index in [1.807, 2.05) is 13.8 Å². The third kappa shape index (κ3) is 2.96. The number of rotatable bonds is 1. The average Bonchev–Trinajstić information content (AvgIpc) is 2.19. The summed E-state index contributed by atoms with van der Waals surface area (Å²) in [6.07, 6.45) is 8.93. The van der Waals surface area contributed by atoms with Crippen LogP contribution in [0.25, 0.3) is 0 Å². The quantitative estimate of drug-likeness (QED) is 0.635. The second kappa shape index (κ2) is 5.34. The molecule has 90 valence electrons. The van der Waals surface area contributed by atoms with Crippen molar-refractivity contribution in [3.63, 3.8) is 0 Å². The van der Waals surface area contributed by atoms with E-state index in [9.17, 15) is 0 Å². The van der Waals surface area contributed by atoms with Crippen LogP contribution in [0.2, 0.25) is 0 Å². The van der Waals surface area contributed by atoms with Crippen LogP contribution in [0.3, 0.4) is 0 Å². The topological polar surface area (TPSA) is 3.24 Å². The van der Waals surface area contributed by atoms with Gasteiger partial charge in [-0.2, -0.15) is 0 Å². The summed E-state index contributed by atoms with van der Waals surface area (Å²) in [6, 6.07) is 0.876. The maximum Gasteiger partial charge on any atom is 0.00895 e. The van der Waals surface area contributed by atoms with Gasteiger partial charge in [-0.25, -0.2) is 0 Å². The number of hydrogen-bond donors (Lipinski definition) is 0. The summed E-state index contributed by atoms with van der Waals surface area (Å²) >= 11 is 0. The summed E-state index contributed by atoms with van der Waals surface area (Å²) in [5.41, 5.74) is 0.811. The highest BCUT2D eigenvalue weighted by atomic mass is 15.1. The lowest BCUT2D eigenvalue weighted by Crippen LogP contribution is -2.43. The molecule has 2 saturated carbocycles. The van der Waals surface area contributed by atoms with E-state index in [1.54, 1.807) is 0 Å². The zero-order chi connectivity index (χ0) is 11.5. The maximum absolute atomic E-state index is 2.41. The standard InChI is InChI=1S/C12H23N.C2H6/c1-10-8-12(9-10)6-4-11(5-7-12)13(2)3;1-2/h10-11H,4-9H2,1-3H3;1-2H3. The van der Waals surface area contributed by atoms with Gasteiger partial charge in [-0.3, -0.25) is 0 Å². The van der Waals surface area contributed by atoms with Crippen molar-refractivity contribution < 1.29 is 0 Å². The normalized spacial score (nSPS) is 39.6. The first-order valence-electron chi connectivity index (χ1n) is 6.78. The van der Waals surface area contributed by atoms with E-state index in [4.69, 9.17) is 0 Å². The Labute approximate surface area is 96.2 Å². The maximum atomic E-state index is 2.41. The molecule has 0 N–H and O–H groups in total. The minimum Gasteiger partial charge on any atom is -0.306 e. The second-order valence-electron chi connectivity index (χ2n) is 5.71. The first-order valence-corrected chi connectivity index (χ1v) is 6.78. The Bertz CT molecular complexity index is 170. The second-order valence-corrected chi connectivity index (χ2v) is 5.71. The van der Waals surface area contributed by atoms with Crippen molar-refractivity contribution in [2.24, 2.45) is 11.3 Å². The van der Waals surface area contributed by atoms with Crippen LogP contribution in [0.15, 0.2) is 0 Å². The Morgan fingerprint density at radius 1 is 1.00 bits per heavy atom. The zero-order valence-electron chi connectivity index (χ0n) is 11.3. The molecule has 0 amide bonds. The Balaban J connectivity index is 0.000000531. The fraction of sp³-hybridized carbons (Fsp3) is 1.00. The van der Waals surface area contributed by atoms with E-state index >= 15 is 0 Å². The van der Waals surface area contributed by atoms with Crippen molar-refractivity contribution in [3.05, 3.63) is 0 Å². The van der Waals surface area contributed by atoms with Gasteiger partial charge in [0.25, 0.3) is 0 Å². The van der Waals surface area contributed by atoms with Gasteiger partial charge in [0.1, 0.15) is 0 Å². The molecule has 0 aliphatic heterocycles. The highest BCUT2D eigenvalue weighted by Crippen LogP contribution is 2.54. The summed E-state index contributed by atoms with van der Waals surface area (Å²) in [7, 11) is 4.46. The molecule has 0 aromatic carbocycles.